The van der Waals surface area contributed by atoms with Crippen molar-refractivity contribution in [2.24, 2.45) is 5.92 Å². The van der Waals surface area contributed by atoms with Gasteiger partial charge in [0.25, 0.3) is 0 Å². The van der Waals surface area contributed by atoms with Gasteiger partial charge in [-0.15, -0.1) is 0 Å². The van der Waals surface area contributed by atoms with Gasteiger partial charge >= 0.3 is 0 Å². The van der Waals surface area contributed by atoms with E-state index in [2.05, 4.69) is 6.92 Å². The van der Waals surface area contributed by atoms with E-state index in [0.29, 0.717) is 19.5 Å². The molecular formula is C28H38N2O4. The van der Waals surface area contributed by atoms with Gasteiger partial charge in [0.1, 0.15) is 23.6 Å². The number of amides is 2. The standard InChI is InChI=1S/C28H38N2O4/c1-6-7-8-9-25-27(31)30(19-22-12-16-24(34-5)17-13-22)26(20(2)3)28(32)29(25)18-21-10-14-23(33-4)15-11-21/h10-17,20,25-26H,6-9,18-19H2,1-5H3/t25-,26-/m0/s1. The third-order valence-corrected chi connectivity index (χ3v) is 6.55. The quantitative estimate of drug-likeness (QED) is 0.435. The number of carbonyl (C=O) groups excluding carboxylic acids is 2. The summed E-state index contributed by atoms with van der Waals surface area (Å²) in [6.07, 6.45) is 3.71. The summed E-state index contributed by atoms with van der Waals surface area (Å²) in [6.45, 7) is 7.01. The molecular weight excluding hydrogens is 428 g/mol. The van der Waals surface area contributed by atoms with Gasteiger partial charge in [0, 0.05) is 13.1 Å². The normalized spacial score (nSPS) is 18.5. The zero-order valence-electron chi connectivity index (χ0n) is 21.1. The largest absolute Gasteiger partial charge is 0.497 e. The Morgan fingerprint density at radius 1 is 0.765 bits per heavy atom. The summed E-state index contributed by atoms with van der Waals surface area (Å²) in [7, 11) is 3.27. The minimum Gasteiger partial charge on any atom is -0.497 e. The molecule has 2 aromatic carbocycles. The molecule has 1 fully saturated rings. The number of carbonyl (C=O) groups is 2. The molecule has 0 saturated carbocycles. The van der Waals surface area contributed by atoms with E-state index in [1.165, 1.54) is 0 Å². The number of methoxy groups -OCH3 is 2. The minimum atomic E-state index is -0.490. The van der Waals surface area contributed by atoms with Gasteiger partial charge in [0.15, 0.2) is 0 Å². The van der Waals surface area contributed by atoms with Crippen LogP contribution in [0.1, 0.15) is 57.6 Å². The number of benzene rings is 2. The van der Waals surface area contributed by atoms with Crippen molar-refractivity contribution < 1.29 is 19.1 Å². The van der Waals surface area contributed by atoms with E-state index in [0.717, 1.165) is 41.9 Å². The van der Waals surface area contributed by atoms with Crippen molar-refractivity contribution in [3.05, 3.63) is 59.7 Å². The van der Waals surface area contributed by atoms with E-state index in [9.17, 15) is 9.59 Å². The minimum absolute atomic E-state index is 0.00431. The number of unbranched alkanes of at least 4 members (excludes halogenated alkanes) is 2. The Morgan fingerprint density at radius 3 is 1.71 bits per heavy atom. The molecule has 1 saturated heterocycles. The molecule has 0 bridgehead atoms. The first kappa shape index (κ1) is 25.6. The van der Waals surface area contributed by atoms with Crippen molar-refractivity contribution >= 4 is 11.8 Å². The van der Waals surface area contributed by atoms with Gasteiger partial charge in [-0.3, -0.25) is 9.59 Å². The summed E-state index contributed by atoms with van der Waals surface area (Å²) in [4.78, 5) is 31.4. The monoisotopic (exact) mass is 466 g/mol. The molecule has 0 N–H and O–H groups in total. The fourth-order valence-electron chi connectivity index (χ4n) is 4.65. The van der Waals surface area contributed by atoms with Crippen molar-refractivity contribution in [2.45, 2.75) is 71.6 Å². The predicted octanol–water partition coefficient (Wildman–Crippen LogP) is 5.05. The van der Waals surface area contributed by atoms with Crippen LogP contribution in [0, 0.1) is 5.92 Å². The Hall–Kier alpha value is -3.02. The SMILES string of the molecule is CCCCC[C@H]1C(=O)N(Cc2ccc(OC)cc2)[C@@H](C(C)C)C(=O)N1Cc1ccc(OC)cc1. The molecule has 0 aromatic heterocycles. The first-order valence-corrected chi connectivity index (χ1v) is 12.3. The average Bonchev–Trinajstić information content (AvgIpc) is 2.84. The first-order valence-electron chi connectivity index (χ1n) is 12.3. The molecule has 0 unspecified atom stereocenters. The van der Waals surface area contributed by atoms with Crippen LogP contribution in [0.4, 0.5) is 0 Å². The van der Waals surface area contributed by atoms with Crippen molar-refractivity contribution in [1.82, 2.24) is 9.80 Å². The highest BCUT2D eigenvalue weighted by atomic mass is 16.5. The van der Waals surface area contributed by atoms with Gasteiger partial charge in [0.2, 0.25) is 11.8 Å². The van der Waals surface area contributed by atoms with Crippen molar-refractivity contribution in [1.29, 1.82) is 0 Å². The second kappa shape index (κ2) is 11.9. The summed E-state index contributed by atoms with van der Waals surface area (Å²) in [5, 5.41) is 0. The molecule has 6 heteroatoms. The van der Waals surface area contributed by atoms with Gasteiger partial charge in [0.05, 0.1) is 14.2 Å². The van der Waals surface area contributed by atoms with Crippen LogP contribution < -0.4 is 9.47 Å². The fourth-order valence-corrected chi connectivity index (χ4v) is 4.65. The smallest absolute Gasteiger partial charge is 0.246 e. The second-order valence-electron chi connectivity index (χ2n) is 9.33. The lowest BCUT2D eigenvalue weighted by molar-refractivity contribution is -0.165. The molecule has 34 heavy (non-hydrogen) atoms. The lowest BCUT2D eigenvalue weighted by atomic mass is 9.92. The number of hydrogen-bond donors (Lipinski definition) is 0. The lowest BCUT2D eigenvalue weighted by Gasteiger charge is -2.46. The zero-order valence-corrected chi connectivity index (χ0v) is 21.1. The third-order valence-electron chi connectivity index (χ3n) is 6.55. The molecule has 2 amide bonds. The number of nitrogens with zero attached hydrogens (tertiary/aromatic N) is 2. The summed E-state index contributed by atoms with van der Waals surface area (Å²) in [5.74, 6) is 1.62. The number of ether oxygens (including phenoxy) is 2. The van der Waals surface area contributed by atoms with Gasteiger partial charge in [-0.2, -0.15) is 0 Å². The molecule has 1 heterocycles. The van der Waals surface area contributed by atoms with Crippen LogP contribution in [-0.2, 0) is 22.7 Å². The first-order chi connectivity index (χ1) is 16.4. The Balaban J connectivity index is 1.90. The summed E-state index contributed by atoms with van der Waals surface area (Å²) in [6, 6.07) is 14.5. The molecule has 2 aromatic rings. The fraction of sp³-hybridized carbons (Fsp3) is 0.500. The number of hydrogen-bond acceptors (Lipinski definition) is 4. The van der Waals surface area contributed by atoms with Gasteiger partial charge in [-0.25, -0.2) is 0 Å². The van der Waals surface area contributed by atoms with Crippen molar-refractivity contribution in [2.75, 3.05) is 14.2 Å². The van der Waals surface area contributed by atoms with Crippen LogP contribution in [0.5, 0.6) is 11.5 Å². The molecule has 6 nitrogen and oxygen atoms in total. The Labute approximate surface area is 203 Å². The van der Waals surface area contributed by atoms with Crippen LogP contribution >= 0.6 is 0 Å². The van der Waals surface area contributed by atoms with Gasteiger partial charge in [-0.1, -0.05) is 64.3 Å². The molecule has 1 aliphatic heterocycles. The highest BCUT2D eigenvalue weighted by molar-refractivity contribution is 5.97. The van der Waals surface area contributed by atoms with Crippen LogP contribution in [0.15, 0.2) is 48.5 Å². The van der Waals surface area contributed by atoms with E-state index in [1.807, 2.05) is 67.3 Å². The maximum absolute atomic E-state index is 13.9. The van der Waals surface area contributed by atoms with Crippen molar-refractivity contribution in [3.8, 4) is 11.5 Å². The number of piperazine rings is 1. The Bertz CT molecular complexity index is 940. The van der Waals surface area contributed by atoms with E-state index < -0.39 is 12.1 Å². The van der Waals surface area contributed by atoms with Crippen LogP contribution in [-0.4, -0.2) is 47.9 Å². The van der Waals surface area contributed by atoms with E-state index in [4.69, 9.17) is 9.47 Å². The van der Waals surface area contributed by atoms with Gasteiger partial charge < -0.3 is 19.3 Å². The topological polar surface area (TPSA) is 59.1 Å². The molecule has 0 spiro atoms. The highest BCUT2D eigenvalue weighted by Crippen LogP contribution is 2.30. The Kier molecular flexibility index (Phi) is 8.97. The molecule has 3 rings (SSSR count). The van der Waals surface area contributed by atoms with E-state index >= 15 is 0 Å². The predicted molar refractivity (Wildman–Crippen MR) is 134 cm³/mol. The maximum Gasteiger partial charge on any atom is 0.246 e. The highest BCUT2D eigenvalue weighted by Gasteiger charge is 2.46. The summed E-state index contributed by atoms with van der Waals surface area (Å²) >= 11 is 0. The zero-order chi connectivity index (χ0) is 24.7. The maximum atomic E-state index is 13.9. The third kappa shape index (κ3) is 5.91. The molecule has 2 atom stereocenters. The second-order valence-corrected chi connectivity index (χ2v) is 9.33. The van der Waals surface area contributed by atoms with Crippen LogP contribution in [0.2, 0.25) is 0 Å². The Morgan fingerprint density at radius 2 is 1.26 bits per heavy atom. The molecule has 0 radical (unpaired) electrons. The number of rotatable bonds is 11. The van der Waals surface area contributed by atoms with Crippen LogP contribution in [0.3, 0.4) is 0 Å². The van der Waals surface area contributed by atoms with E-state index in [-0.39, 0.29) is 17.7 Å². The molecule has 1 aliphatic rings. The summed E-state index contributed by atoms with van der Waals surface area (Å²) in [5.41, 5.74) is 1.98. The van der Waals surface area contributed by atoms with Crippen LogP contribution in [0.25, 0.3) is 0 Å². The van der Waals surface area contributed by atoms with E-state index in [1.54, 1.807) is 19.1 Å². The summed E-state index contributed by atoms with van der Waals surface area (Å²) < 4.78 is 10.5. The average molecular weight is 467 g/mol. The molecule has 184 valence electrons. The molecule has 0 aliphatic carbocycles. The lowest BCUT2D eigenvalue weighted by Crippen LogP contribution is -2.65. The van der Waals surface area contributed by atoms with Gasteiger partial charge in [-0.05, 0) is 47.7 Å². The van der Waals surface area contributed by atoms with Crippen molar-refractivity contribution in [3.63, 3.8) is 0 Å².